The number of rotatable bonds is 7. The van der Waals surface area contributed by atoms with Crippen molar-refractivity contribution in [2.45, 2.75) is 32.7 Å². The number of benzene rings is 1. The average Bonchev–Trinajstić information content (AvgIpc) is 3.34. The second-order valence-electron chi connectivity index (χ2n) is 8.61. The highest BCUT2D eigenvalue weighted by Crippen LogP contribution is 2.24. The summed E-state index contributed by atoms with van der Waals surface area (Å²) in [5, 5.41) is 11.4. The molecule has 0 radical (unpaired) electrons. The van der Waals surface area contributed by atoms with Crippen molar-refractivity contribution in [1.82, 2.24) is 30.1 Å². The lowest BCUT2D eigenvalue weighted by Gasteiger charge is -2.31. The third-order valence-corrected chi connectivity index (χ3v) is 6.40. The van der Waals surface area contributed by atoms with Crippen molar-refractivity contribution in [3.05, 3.63) is 60.2 Å². The van der Waals surface area contributed by atoms with Gasteiger partial charge in [-0.15, -0.1) is 0 Å². The van der Waals surface area contributed by atoms with Gasteiger partial charge in [0.25, 0.3) is 5.91 Å². The van der Waals surface area contributed by atoms with Crippen molar-refractivity contribution in [1.29, 1.82) is 0 Å². The minimum Gasteiger partial charge on any atom is -0.319 e. The van der Waals surface area contributed by atoms with Gasteiger partial charge in [-0.25, -0.2) is 10.4 Å². The number of piperidine rings is 1. The van der Waals surface area contributed by atoms with E-state index in [1.807, 2.05) is 48.3 Å². The molecular weight excluding hydrogens is 414 g/mol. The van der Waals surface area contributed by atoms with Gasteiger partial charge in [-0.1, -0.05) is 19.1 Å². The minimum atomic E-state index is -0.193. The smallest absolute Gasteiger partial charge is 0.260 e. The van der Waals surface area contributed by atoms with Crippen molar-refractivity contribution in [3.63, 3.8) is 0 Å². The lowest BCUT2D eigenvalue weighted by molar-refractivity contribution is 0.102. The maximum absolute atomic E-state index is 12.8. The van der Waals surface area contributed by atoms with Crippen LogP contribution in [0.25, 0.3) is 16.3 Å². The molecule has 1 saturated heterocycles. The predicted molar refractivity (Wildman–Crippen MR) is 135 cm³/mol. The van der Waals surface area contributed by atoms with Crippen LogP contribution in [0, 0.1) is 0 Å². The third-order valence-electron chi connectivity index (χ3n) is 6.40. The molecular formula is C25H35N7O. The van der Waals surface area contributed by atoms with E-state index in [9.17, 15) is 4.79 Å². The molecule has 3 aromatic rings. The Hall–Kier alpha value is -3.23. The van der Waals surface area contributed by atoms with Gasteiger partial charge in [-0.05, 0) is 55.0 Å². The van der Waals surface area contributed by atoms with Crippen LogP contribution in [0.5, 0.6) is 0 Å². The highest BCUT2D eigenvalue weighted by atomic mass is 16.1. The maximum atomic E-state index is 12.8. The van der Waals surface area contributed by atoms with E-state index in [2.05, 4.69) is 51.7 Å². The van der Waals surface area contributed by atoms with Gasteiger partial charge in [0, 0.05) is 52.6 Å². The molecule has 1 aromatic carbocycles. The number of fused-ring (bicyclic) bond motifs is 1. The number of likely N-dealkylation sites (tertiary alicyclic amines) is 1. The number of nitrogens with one attached hydrogen (secondary N) is 2. The fourth-order valence-corrected chi connectivity index (χ4v) is 4.23. The van der Waals surface area contributed by atoms with Gasteiger partial charge in [0.2, 0.25) is 0 Å². The minimum absolute atomic E-state index is 0. The number of amides is 1. The molecule has 8 heteroatoms. The summed E-state index contributed by atoms with van der Waals surface area (Å²) in [6.07, 6.45) is 9.44. The molecule has 1 fully saturated rings. The van der Waals surface area contributed by atoms with Crippen LogP contribution in [-0.4, -0.2) is 64.3 Å². The summed E-state index contributed by atoms with van der Waals surface area (Å²) in [4.78, 5) is 19.7. The van der Waals surface area contributed by atoms with Gasteiger partial charge >= 0.3 is 0 Å². The van der Waals surface area contributed by atoms with Gasteiger partial charge in [0.1, 0.15) is 5.82 Å². The van der Waals surface area contributed by atoms with E-state index in [1.54, 1.807) is 12.4 Å². The number of carbonyl (C=O) groups is 1. The maximum Gasteiger partial charge on any atom is 0.260 e. The van der Waals surface area contributed by atoms with Gasteiger partial charge in [-0.2, -0.15) is 5.10 Å². The quantitative estimate of drug-likeness (QED) is 0.531. The summed E-state index contributed by atoms with van der Waals surface area (Å²) in [6.45, 7) is 7.50. The molecule has 0 saturated carbocycles. The summed E-state index contributed by atoms with van der Waals surface area (Å²) in [5.74, 6) is 0.338. The first-order chi connectivity index (χ1) is 16.0. The molecule has 1 aliphatic heterocycles. The first-order valence-electron chi connectivity index (χ1n) is 11.5. The second-order valence-corrected chi connectivity index (χ2v) is 8.61. The van der Waals surface area contributed by atoms with E-state index in [1.165, 1.54) is 0 Å². The van der Waals surface area contributed by atoms with Gasteiger partial charge in [-0.3, -0.25) is 9.48 Å². The standard InChI is InChI=1S/C25H33N7O.H2/c1-5-31-10-8-23(9-11-31)32-17-22(15-28-32)25(33)29-24-13-21-12-19(6-7-20(21)14-27-24)18(2)16-30(4)26-3;/h6-7,12-17,23,26H,5,8-11H2,1-4H3,(H,27,29,33);1H/b18-16+;. The molecule has 1 aliphatic rings. The molecule has 176 valence electrons. The monoisotopic (exact) mass is 449 g/mol. The molecule has 0 spiro atoms. The molecule has 2 N–H and O–H groups in total. The number of hydrazine groups is 1. The largest absolute Gasteiger partial charge is 0.319 e. The normalized spacial score (nSPS) is 15.7. The van der Waals surface area contributed by atoms with E-state index in [0.29, 0.717) is 17.4 Å². The zero-order chi connectivity index (χ0) is 23.4. The molecule has 8 nitrogen and oxygen atoms in total. The summed E-state index contributed by atoms with van der Waals surface area (Å²) in [7, 11) is 3.84. The fraction of sp³-hybridized carbons (Fsp3) is 0.400. The Morgan fingerprint density at radius 3 is 2.73 bits per heavy atom. The number of pyridine rings is 1. The van der Waals surface area contributed by atoms with E-state index in [4.69, 9.17) is 0 Å². The van der Waals surface area contributed by atoms with Crippen LogP contribution in [0.1, 0.15) is 50.1 Å². The Labute approximate surface area is 196 Å². The van der Waals surface area contributed by atoms with Crippen molar-refractivity contribution < 1.29 is 6.22 Å². The molecule has 2 aromatic heterocycles. The van der Waals surface area contributed by atoms with E-state index < -0.39 is 0 Å². The van der Waals surface area contributed by atoms with Crippen LogP contribution in [-0.2, 0) is 0 Å². The zero-order valence-electron chi connectivity index (χ0n) is 19.9. The molecule has 4 rings (SSSR count). The summed E-state index contributed by atoms with van der Waals surface area (Å²) in [6, 6.07) is 8.51. The Kier molecular flexibility index (Phi) is 7.05. The Morgan fingerprint density at radius 2 is 2.00 bits per heavy atom. The number of allylic oxidation sites excluding steroid dienone is 1. The van der Waals surface area contributed by atoms with E-state index in [-0.39, 0.29) is 7.33 Å². The molecule has 0 atom stereocenters. The Bertz CT molecular complexity index is 1150. The van der Waals surface area contributed by atoms with Gasteiger partial charge in [0.05, 0.1) is 17.8 Å². The summed E-state index contributed by atoms with van der Waals surface area (Å²) < 4.78 is 1.94. The molecule has 1 amide bonds. The zero-order valence-corrected chi connectivity index (χ0v) is 19.9. The van der Waals surface area contributed by atoms with Crippen LogP contribution in [0.15, 0.2) is 49.1 Å². The van der Waals surface area contributed by atoms with Crippen LogP contribution in [0.3, 0.4) is 0 Å². The first kappa shape index (κ1) is 22.9. The van der Waals surface area contributed by atoms with Gasteiger partial charge in [0.15, 0.2) is 0 Å². The average molecular weight is 450 g/mol. The number of nitrogens with zero attached hydrogens (tertiary/aromatic N) is 5. The molecule has 33 heavy (non-hydrogen) atoms. The lowest BCUT2D eigenvalue weighted by Crippen LogP contribution is -2.34. The van der Waals surface area contributed by atoms with Crippen molar-refractivity contribution in [3.8, 4) is 0 Å². The first-order valence-corrected chi connectivity index (χ1v) is 11.5. The number of aromatic nitrogens is 3. The highest BCUT2D eigenvalue weighted by molar-refractivity contribution is 6.04. The Balaban J connectivity index is 0.00000324. The lowest BCUT2D eigenvalue weighted by atomic mass is 10.0. The number of hydrogen-bond acceptors (Lipinski definition) is 6. The van der Waals surface area contributed by atoms with Gasteiger partial charge < -0.3 is 15.2 Å². The molecule has 3 heterocycles. The molecule has 0 aliphatic carbocycles. The van der Waals surface area contributed by atoms with Crippen molar-refractivity contribution in [2.75, 3.05) is 39.0 Å². The summed E-state index contributed by atoms with van der Waals surface area (Å²) >= 11 is 0. The van der Waals surface area contributed by atoms with Crippen LogP contribution in [0.4, 0.5) is 5.82 Å². The Morgan fingerprint density at radius 1 is 1.21 bits per heavy atom. The molecule has 0 bridgehead atoms. The fourth-order valence-electron chi connectivity index (χ4n) is 4.23. The van der Waals surface area contributed by atoms with Crippen LogP contribution >= 0.6 is 0 Å². The number of hydrogen-bond donors (Lipinski definition) is 2. The van der Waals surface area contributed by atoms with Crippen molar-refractivity contribution in [2.24, 2.45) is 0 Å². The number of carbonyl (C=O) groups excluding carboxylic acids is 1. The SMILES string of the molecule is CCN1CCC(n2cc(C(=O)Nc3cc4cc(/C(C)=C/N(C)NC)ccc4cn3)cn2)CC1.[HH]. The second kappa shape index (κ2) is 10.1. The molecule has 0 unspecified atom stereocenters. The topological polar surface area (TPSA) is 78.3 Å². The summed E-state index contributed by atoms with van der Waals surface area (Å²) in [5.41, 5.74) is 5.87. The highest BCUT2D eigenvalue weighted by Gasteiger charge is 2.21. The van der Waals surface area contributed by atoms with Crippen molar-refractivity contribution >= 4 is 28.1 Å². The van der Waals surface area contributed by atoms with E-state index in [0.717, 1.165) is 54.4 Å². The van der Waals surface area contributed by atoms with E-state index >= 15 is 0 Å². The predicted octanol–water partition coefficient (Wildman–Crippen LogP) is 4.01. The van der Waals surface area contributed by atoms with Crippen LogP contribution < -0.4 is 10.7 Å². The van der Waals surface area contributed by atoms with Crippen LogP contribution in [0.2, 0.25) is 0 Å². The third kappa shape index (κ3) is 5.40. The number of anilines is 1.